The quantitative estimate of drug-likeness (QED) is 0.665. The average Bonchev–Trinajstić information content (AvgIpc) is 3.11. The molecule has 2 aromatic carbocycles. The minimum absolute atomic E-state index is 0.143. The van der Waals surface area contributed by atoms with Crippen molar-refractivity contribution in [2.75, 3.05) is 20.8 Å². The molecule has 0 aliphatic rings. The van der Waals surface area contributed by atoms with E-state index in [1.165, 1.54) is 11.1 Å². The Kier molecular flexibility index (Phi) is 6.22. The number of benzene rings is 2. The Morgan fingerprint density at radius 2 is 1.76 bits per heavy atom. The Balaban J connectivity index is 1.65. The van der Waals surface area contributed by atoms with Crippen molar-refractivity contribution < 1.29 is 14.3 Å². The number of hydrogen-bond acceptors (Lipinski definition) is 4. The predicted octanol–water partition coefficient (Wildman–Crippen LogP) is 3.69. The monoisotopic (exact) mass is 393 g/mol. The molecule has 0 spiro atoms. The zero-order valence-electron chi connectivity index (χ0n) is 17.6. The first-order valence-electron chi connectivity index (χ1n) is 9.53. The summed E-state index contributed by atoms with van der Waals surface area (Å²) in [5.41, 5.74) is 5.83. The number of aryl methyl sites for hydroxylation is 3. The van der Waals surface area contributed by atoms with Gasteiger partial charge >= 0.3 is 0 Å². The van der Waals surface area contributed by atoms with Gasteiger partial charge in [0.25, 0.3) is 5.91 Å². The molecule has 0 atom stereocenters. The Labute approximate surface area is 171 Å². The number of aromatic nitrogens is 2. The van der Waals surface area contributed by atoms with E-state index in [-0.39, 0.29) is 5.91 Å². The molecule has 0 aliphatic heterocycles. The molecule has 0 radical (unpaired) electrons. The highest BCUT2D eigenvalue weighted by Gasteiger charge is 2.14. The standard InChI is InChI=1S/C23H27N3O3/c1-15-6-8-18(12-16(15)2)19-14-20(26(3)25-19)23(27)24-11-10-17-7-9-21(28-4)22(13-17)29-5/h6-9,12-14H,10-11H2,1-5H3,(H,24,27). The SMILES string of the molecule is COc1ccc(CCNC(=O)c2cc(-c3ccc(C)c(C)c3)nn2C)cc1OC. The molecule has 0 saturated heterocycles. The number of rotatable bonds is 7. The van der Waals surface area contributed by atoms with E-state index >= 15 is 0 Å². The van der Waals surface area contributed by atoms with E-state index in [1.54, 1.807) is 25.9 Å². The zero-order chi connectivity index (χ0) is 21.0. The molecule has 1 amide bonds. The molecule has 1 heterocycles. The second kappa shape index (κ2) is 8.82. The maximum atomic E-state index is 12.6. The summed E-state index contributed by atoms with van der Waals surface area (Å²) in [5, 5.41) is 7.47. The predicted molar refractivity (Wildman–Crippen MR) is 114 cm³/mol. The van der Waals surface area contributed by atoms with Gasteiger partial charge in [0.2, 0.25) is 0 Å². The van der Waals surface area contributed by atoms with Crippen LogP contribution in [0.2, 0.25) is 0 Å². The first-order valence-corrected chi connectivity index (χ1v) is 9.53. The molecule has 0 unspecified atom stereocenters. The number of hydrogen-bond donors (Lipinski definition) is 1. The summed E-state index contributed by atoms with van der Waals surface area (Å²) in [5.74, 6) is 1.23. The van der Waals surface area contributed by atoms with Gasteiger partial charge in [-0.05, 0) is 61.2 Å². The van der Waals surface area contributed by atoms with E-state index in [9.17, 15) is 4.79 Å². The van der Waals surface area contributed by atoms with Crippen molar-refractivity contribution in [3.8, 4) is 22.8 Å². The fraction of sp³-hybridized carbons (Fsp3) is 0.304. The third kappa shape index (κ3) is 4.59. The minimum Gasteiger partial charge on any atom is -0.493 e. The van der Waals surface area contributed by atoms with Crippen LogP contribution >= 0.6 is 0 Å². The van der Waals surface area contributed by atoms with Gasteiger partial charge in [0.15, 0.2) is 11.5 Å². The Morgan fingerprint density at radius 3 is 2.45 bits per heavy atom. The van der Waals surface area contributed by atoms with Crippen molar-refractivity contribution in [3.05, 3.63) is 64.8 Å². The van der Waals surface area contributed by atoms with E-state index in [0.29, 0.717) is 30.2 Å². The van der Waals surface area contributed by atoms with Crippen molar-refractivity contribution in [2.45, 2.75) is 20.3 Å². The molecule has 3 rings (SSSR count). The first-order chi connectivity index (χ1) is 13.9. The molecule has 6 nitrogen and oxygen atoms in total. The van der Waals surface area contributed by atoms with Gasteiger partial charge in [0.05, 0.1) is 19.9 Å². The van der Waals surface area contributed by atoms with Crippen LogP contribution in [0.25, 0.3) is 11.3 Å². The molecule has 1 aromatic heterocycles. The van der Waals surface area contributed by atoms with Crippen LogP contribution in [0.4, 0.5) is 0 Å². The van der Waals surface area contributed by atoms with Crippen molar-refractivity contribution in [3.63, 3.8) is 0 Å². The fourth-order valence-corrected chi connectivity index (χ4v) is 3.17. The maximum Gasteiger partial charge on any atom is 0.269 e. The normalized spacial score (nSPS) is 10.7. The molecule has 6 heteroatoms. The van der Waals surface area contributed by atoms with Crippen molar-refractivity contribution in [1.29, 1.82) is 0 Å². The Hall–Kier alpha value is -3.28. The molecule has 1 N–H and O–H groups in total. The van der Waals surface area contributed by atoms with Gasteiger partial charge in [-0.25, -0.2) is 0 Å². The summed E-state index contributed by atoms with van der Waals surface area (Å²) in [7, 11) is 5.00. The van der Waals surface area contributed by atoms with E-state index in [4.69, 9.17) is 9.47 Å². The Morgan fingerprint density at radius 1 is 1.00 bits per heavy atom. The van der Waals surface area contributed by atoms with Crippen LogP contribution in [0.5, 0.6) is 11.5 Å². The van der Waals surface area contributed by atoms with Crippen LogP contribution in [0, 0.1) is 13.8 Å². The largest absolute Gasteiger partial charge is 0.493 e. The zero-order valence-corrected chi connectivity index (χ0v) is 17.6. The number of nitrogens with zero attached hydrogens (tertiary/aromatic N) is 2. The van der Waals surface area contributed by atoms with Crippen molar-refractivity contribution in [2.24, 2.45) is 7.05 Å². The lowest BCUT2D eigenvalue weighted by molar-refractivity contribution is 0.0944. The molecule has 0 fully saturated rings. The van der Waals surface area contributed by atoms with Crippen LogP contribution in [-0.2, 0) is 13.5 Å². The van der Waals surface area contributed by atoms with E-state index in [0.717, 1.165) is 16.8 Å². The molecule has 152 valence electrons. The lowest BCUT2D eigenvalue weighted by Crippen LogP contribution is -2.27. The third-order valence-electron chi connectivity index (χ3n) is 5.06. The maximum absolute atomic E-state index is 12.6. The van der Waals surface area contributed by atoms with Crippen LogP contribution in [0.3, 0.4) is 0 Å². The number of nitrogens with one attached hydrogen (secondary N) is 1. The summed E-state index contributed by atoms with van der Waals surface area (Å²) < 4.78 is 12.2. The molecule has 3 aromatic rings. The highest BCUT2D eigenvalue weighted by molar-refractivity contribution is 5.93. The number of amides is 1. The highest BCUT2D eigenvalue weighted by Crippen LogP contribution is 2.27. The van der Waals surface area contributed by atoms with Gasteiger partial charge in [0.1, 0.15) is 5.69 Å². The number of methoxy groups -OCH3 is 2. The second-order valence-corrected chi connectivity index (χ2v) is 7.03. The van der Waals surface area contributed by atoms with Gasteiger partial charge in [-0.15, -0.1) is 0 Å². The van der Waals surface area contributed by atoms with Gasteiger partial charge in [-0.2, -0.15) is 5.10 Å². The van der Waals surface area contributed by atoms with Crippen LogP contribution in [0.1, 0.15) is 27.2 Å². The average molecular weight is 393 g/mol. The molecule has 0 bridgehead atoms. The first kappa shape index (κ1) is 20.5. The number of ether oxygens (including phenoxy) is 2. The molecule has 29 heavy (non-hydrogen) atoms. The summed E-state index contributed by atoms with van der Waals surface area (Å²) in [6.07, 6.45) is 0.688. The summed E-state index contributed by atoms with van der Waals surface area (Å²) in [6.45, 7) is 4.66. The van der Waals surface area contributed by atoms with E-state index < -0.39 is 0 Å². The number of carbonyl (C=O) groups is 1. The lowest BCUT2D eigenvalue weighted by Gasteiger charge is -2.10. The number of carbonyl (C=O) groups excluding carboxylic acids is 1. The second-order valence-electron chi connectivity index (χ2n) is 7.03. The van der Waals surface area contributed by atoms with Gasteiger partial charge < -0.3 is 14.8 Å². The van der Waals surface area contributed by atoms with Crippen molar-refractivity contribution >= 4 is 5.91 Å². The summed E-state index contributed by atoms with van der Waals surface area (Å²) in [6, 6.07) is 13.8. The van der Waals surface area contributed by atoms with Gasteiger partial charge in [0, 0.05) is 19.2 Å². The molecular weight excluding hydrogens is 366 g/mol. The highest BCUT2D eigenvalue weighted by atomic mass is 16.5. The summed E-state index contributed by atoms with van der Waals surface area (Å²) >= 11 is 0. The van der Waals surface area contributed by atoms with Crippen LogP contribution in [-0.4, -0.2) is 36.5 Å². The smallest absolute Gasteiger partial charge is 0.269 e. The van der Waals surface area contributed by atoms with Crippen LogP contribution in [0.15, 0.2) is 42.5 Å². The van der Waals surface area contributed by atoms with Crippen molar-refractivity contribution in [1.82, 2.24) is 15.1 Å². The van der Waals surface area contributed by atoms with E-state index in [1.807, 2.05) is 30.3 Å². The molecule has 0 saturated carbocycles. The molecular formula is C23H27N3O3. The topological polar surface area (TPSA) is 65.4 Å². The minimum atomic E-state index is -0.143. The molecule has 0 aliphatic carbocycles. The van der Waals surface area contributed by atoms with Crippen LogP contribution < -0.4 is 14.8 Å². The third-order valence-corrected chi connectivity index (χ3v) is 5.06. The lowest BCUT2D eigenvalue weighted by atomic mass is 10.0. The fourth-order valence-electron chi connectivity index (χ4n) is 3.17. The Bertz CT molecular complexity index is 1020. The van der Waals surface area contributed by atoms with E-state index in [2.05, 4.69) is 36.4 Å². The van der Waals surface area contributed by atoms with Gasteiger partial charge in [-0.1, -0.05) is 18.2 Å². The summed E-state index contributed by atoms with van der Waals surface area (Å²) in [4.78, 5) is 12.6. The van der Waals surface area contributed by atoms with Gasteiger partial charge in [-0.3, -0.25) is 9.48 Å².